The Labute approximate surface area is 186 Å². The van der Waals surface area contributed by atoms with Crippen LogP contribution in [0, 0.1) is 0 Å². The Hall–Kier alpha value is -3.98. The molecule has 3 heteroatoms. The molecule has 0 saturated carbocycles. The molecule has 152 valence electrons. The van der Waals surface area contributed by atoms with Gasteiger partial charge in [-0.25, -0.2) is 9.97 Å². The zero-order valence-corrected chi connectivity index (χ0v) is 18.0. The summed E-state index contributed by atoms with van der Waals surface area (Å²) in [6, 6.07) is 30.0. The van der Waals surface area contributed by atoms with Gasteiger partial charge in [-0.1, -0.05) is 80.6 Å². The molecular weight excluding hydrogens is 390 g/mol. The van der Waals surface area contributed by atoms with E-state index in [1.807, 2.05) is 18.3 Å². The monoisotopic (exact) mass is 411 g/mol. The fourth-order valence-electron chi connectivity index (χ4n) is 5.58. The van der Waals surface area contributed by atoms with Crippen molar-refractivity contribution in [3.05, 3.63) is 102 Å². The van der Waals surface area contributed by atoms with Crippen molar-refractivity contribution >= 4 is 32.7 Å². The van der Waals surface area contributed by atoms with Crippen molar-refractivity contribution < 1.29 is 0 Å². The summed E-state index contributed by atoms with van der Waals surface area (Å²) in [5.74, 6) is 0.914. The molecule has 7 rings (SSSR count). The Morgan fingerprint density at radius 1 is 0.719 bits per heavy atom. The molecule has 6 aromatic rings. The number of hydrogen-bond acceptors (Lipinski definition) is 2. The molecule has 0 amide bonds. The van der Waals surface area contributed by atoms with Gasteiger partial charge >= 0.3 is 0 Å². The SMILES string of the molecule is CC1(C)c2ccccc2-c2nc3c4ccccc4n(-c4ccccn4)c3c3cccc1c23. The van der Waals surface area contributed by atoms with Crippen molar-refractivity contribution in [2.75, 3.05) is 0 Å². The van der Waals surface area contributed by atoms with Crippen LogP contribution in [0.2, 0.25) is 0 Å². The van der Waals surface area contributed by atoms with Crippen molar-refractivity contribution in [2.45, 2.75) is 19.3 Å². The molecule has 0 fully saturated rings. The molecule has 0 unspecified atom stereocenters. The summed E-state index contributed by atoms with van der Waals surface area (Å²) in [7, 11) is 0. The van der Waals surface area contributed by atoms with E-state index in [0.29, 0.717) is 0 Å². The van der Waals surface area contributed by atoms with Gasteiger partial charge in [0.1, 0.15) is 5.82 Å². The van der Waals surface area contributed by atoms with E-state index in [2.05, 4.69) is 91.2 Å². The van der Waals surface area contributed by atoms with Crippen molar-refractivity contribution in [1.29, 1.82) is 0 Å². The summed E-state index contributed by atoms with van der Waals surface area (Å²) < 4.78 is 2.27. The summed E-state index contributed by atoms with van der Waals surface area (Å²) in [5.41, 5.74) is 8.17. The first-order chi connectivity index (χ1) is 15.7. The van der Waals surface area contributed by atoms with Crippen LogP contribution in [0.5, 0.6) is 0 Å². The van der Waals surface area contributed by atoms with Crippen molar-refractivity contribution in [3.63, 3.8) is 0 Å². The molecule has 32 heavy (non-hydrogen) atoms. The van der Waals surface area contributed by atoms with Crippen molar-refractivity contribution in [1.82, 2.24) is 14.5 Å². The highest BCUT2D eigenvalue weighted by atomic mass is 15.1. The van der Waals surface area contributed by atoms with Gasteiger partial charge in [0.05, 0.1) is 22.2 Å². The molecule has 3 nitrogen and oxygen atoms in total. The number of rotatable bonds is 1. The number of fused-ring (bicyclic) bond motifs is 6. The second-order valence-corrected chi connectivity index (χ2v) is 9.10. The highest BCUT2D eigenvalue weighted by molar-refractivity contribution is 6.20. The van der Waals surface area contributed by atoms with E-state index in [9.17, 15) is 0 Å². The maximum atomic E-state index is 5.37. The molecule has 0 radical (unpaired) electrons. The van der Waals surface area contributed by atoms with Gasteiger partial charge in [-0.3, -0.25) is 4.57 Å². The second-order valence-electron chi connectivity index (χ2n) is 9.10. The molecule has 0 spiro atoms. The maximum absolute atomic E-state index is 5.37. The highest BCUT2D eigenvalue weighted by Crippen LogP contribution is 2.50. The predicted octanol–water partition coefficient (Wildman–Crippen LogP) is 7.03. The van der Waals surface area contributed by atoms with Gasteiger partial charge in [-0.05, 0) is 29.3 Å². The normalized spacial score (nSPS) is 14.2. The quantitative estimate of drug-likeness (QED) is 0.291. The van der Waals surface area contributed by atoms with Crippen LogP contribution in [0.25, 0.3) is 49.8 Å². The molecule has 3 aromatic heterocycles. The van der Waals surface area contributed by atoms with Gasteiger partial charge in [0.25, 0.3) is 0 Å². The maximum Gasteiger partial charge on any atom is 0.137 e. The summed E-state index contributed by atoms with van der Waals surface area (Å²) in [6.07, 6.45) is 1.86. The zero-order chi connectivity index (χ0) is 21.4. The van der Waals surface area contributed by atoms with Crippen LogP contribution in [-0.4, -0.2) is 14.5 Å². The molecule has 0 atom stereocenters. The first kappa shape index (κ1) is 17.7. The van der Waals surface area contributed by atoms with Gasteiger partial charge in [-0.2, -0.15) is 0 Å². The minimum absolute atomic E-state index is 0.0969. The highest BCUT2D eigenvalue weighted by Gasteiger charge is 2.35. The number of benzene rings is 3. The van der Waals surface area contributed by atoms with Crippen LogP contribution in [0.15, 0.2) is 91.1 Å². The van der Waals surface area contributed by atoms with Gasteiger partial charge in [0.2, 0.25) is 0 Å². The van der Waals surface area contributed by atoms with Gasteiger partial charge < -0.3 is 0 Å². The molecule has 0 N–H and O–H groups in total. The van der Waals surface area contributed by atoms with Crippen molar-refractivity contribution in [3.8, 4) is 17.1 Å². The van der Waals surface area contributed by atoms with Gasteiger partial charge in [0, 0.05) is 33.3 Å². The lowest BCUT2D eigenvalue weighted by Gasteiger charge is -2.34. The van der Waals surface area contributed by atoms with E-state index >= 15 is 0 Å². The third kappa shape index (κ3) is 2.10. The van der Waals surface area contributed by atoms with Crippen LogP contribution in [0.3, 0.4) is 0 Å². The number of para-hydroxylation sites is 1. The van der Waals surface area contributed by atoms with E-state index in [1.165, 1.54) is 27.5 Å². The molecule has 0 aliphatic heterocycles. The van der Waals surface area contributed by atoms with E-state index in [0.717, 1.165) is 33.4 Å². The summed E-state index contributed by atoms with van der Waals surface area (Å²) >= 11 is 0. The first-order valence-electron chi connectivity index (χ1n) is 11.0. The van der Waals surface area contributed by atoms with Crippen molar-refractivity contribution in [2.24, 2.45) is 0 Å². The lowest BCUT2D eigenvalue weighted by Crippen LogP contribution is -2.24. The van der Waals surface area contributed by atoms with Gasteiger partial charge in [0.15, 0.2) is 0 Å². The third-order valence-corrected chi connectivity index (χ3v) is 7.04. The standard InChI is InChI=1S/C29H21N3/c1-29(2)21-13-5-3-10-18(21)26-25-20(12-9-14-22(25)29)28-27(31-26)19-11-4-6-15-23(19)32(28)24-16-7-8-17-30-24/h3-17H,1-2H3. The molecule has 1 aliphatic rings. The summed E-state index contributed by atoms with van der Waals surface area (Å²) in [4.78, 5) is 10.1. The van der Waals surface area contributed by atoms with Crippen LogP contribution < -0.4 is 0 Å². The summed E-state index contributed by atoms with van der Waals surface area (Å²) in [6.45, 7) is 4.64. The minimum atomic E-state index is -0.0969. The Bertz CT molecular complexity index is 1690. The smallest absolute Gasteiger partial charge is 0.137 e. The van der Waals surface area contributed by atoms with E-state index in [-0.39, 0.29) is 5.41 Å². The number of pyridine rings is 2. The molecular formula is C29H21N3. The fourth-order valence-corrected chi connectivity index (χ4v) is 5.58. The Balaban J connectivity index is 1.78. The van der Waals surface area contributed by atoms with Crippen LogP contribution >= 0.6 is 0 Å². The largest absolute Gasteiger partial charge is 0.292 e. The average Bonchev–Trinajstić information content (AvgIpc) is 3.18. The second kappa shape index (κ2) is 6.04. The Morgan fingerprint density at radius 3 is 2.34 bits per heavy atom. The van der Waals surface area contributed by atoms with Gasteiger partial charge in [-0.15, -0.1) is 0 Å². The molecule has 0 saturated heterocycles. The fraction of sp³-hybridized carbons (Fsp3) is 0.103. The molecule has 1 aliphatic carbocycles. The number of nitrogens with zero attached hydrogens (tertiary/aromatic N) is 3. The lowest BCUT2D eigenvalue weighted by atomic mass is 9.69. The Morgan fingerprint density at radius 2 is 1.47 bits per heavy atom. The Kier molecular flexibility index (Phi) is 3.34. The average molecular weight is 412 g/mol. The third-order valence-electron chi connectivity index (χ3n) is 7.04. The zero-order valence-electron chi connectivity index (χ0n) is 18.0. The predicted molar refractivity (Wildman–Crippen MR) is 131 cm³/mol. The minimum Gasteiger partial charge on any atom is -0.292 e. The molecule has 3 heterocycles. The first-order valence-corrected chi connectivity index (χ1v) is 11.0. The van der Waals surface area contributed by atoms with E-state index < -0.39 is 0 Å². The molecule has 0 bridgehead atoms. The number of hydrogen-bond donors (Lipinski definition) is 0. The summed E-state index contributed by atoms with van der Waals surface area (Å²) in [5, 5.41) is 3.63. The van der Waals surface area contributed by atoms with E-state index in [4.69, 9.17) is 9.97 Å². The lowest BCUT2D eigenvalue weighted by molar-refractivity contribution is 0.644. The number of aromatic nitrogens is 3. The van der Waals surface area contributed by atoms with Crippen LogP contribution in [0.4, 0.5) is 0 Å². The van der Waals surface area contributed by atoms with E-state index in [1.54, 1.807) is 0 Å². The topological polar surface area (TPSA) is 30.7 Å². The van der Waals surface area contributed by atoms with Crippen LogP contribution in [0.1, 0.15) is 25.0 Å². The van der Waals surface area contributed by atoms with Crippen LogP contribution in [-0.2, 0) is 5.41 Å². The molecule has 3 aromatic carbocycles.